The van der Waals surface area contributed by atoms with Crippen molar-refractivity contribution in [1.29, 1.82) is 0 Å². The first-order valence-electron chi connectivity index (χ1n) is 8.07. The van der Waals surface area contributed by atoms with Crippen molar-refractivity contribution in [2.45, 2.75) is 0 Å². The van der Waals surface area contributed by atoms with Crippen LogP contribution in [-0.2, 0) is 0 Å². The predicted octanol–water partition coefficient (Wildman–Crippen LogP) is 6.94. The smallest absolute Gasteiger partial charge is 0.257 e. The minimum absolute atomic E-state index is 0.0188. The maximum Gasteiger partial charge on any atom is 0.257 e. The number of carbonyl (C=O) groups excluding carboxylic acids is 2. The van der Waals surface area contributed by atoms with Crippen molar-refractivity contribution in [2.75, 3.05) is 10.6 Å². The van der Waals surface area contributed by atoms with Crippen LogP contribution in [0.5, 0.6) is 0 Å². The molecule has 0 bridgehead atoms. The number of carbonyl (C=O) groups is 2. The number of nitrogens with one attached hydrogen (secondary N) is 2. The fourth-order valence-electron chi connectivity index (χ4n) is 2.47. The van der Waals surface area contributed by atoms with Crippen LogP contribution < -0.4 is 10.6 Å². The van der Waals surface area contributed by atoms with Gasteiger partial charge in [-0.05, 0) is 54.6 Å². The van der Waals surface area contributed by atoms with Crippen LogP contribution in [-0.4, -0.2) is 11.8 Å². The van der Waals surface area contributed by atoms with Crippen molar-refractivity contribution in [1.82, 2.24) is 0 Å². The summed E-state index contributed by atoms with van der Waals surface area (Å²) in [7, 11) is 0. The van der Waals surface area contributed by atoms with Gasteiger partial charge in [-0.15, -0.1) is 0 Å². The van der Waals surface area contributed by atoms with Gasteiger partial charge in [-0.2, -0.15) is 0 Å². The molecule has 4 nitrogen and oxygen atoms in total. The van der Waals surface area contributed by atoms with E-state index in [-0.39, 0.29) is 31.9 Å². The Morgan fingerprint density at radius 3 is 1.97 bits per heavy atom. The van der Waals surface area contributed by atoms with Gasteiger partial charge in [-0.3, -0.25) is 9.59 Å². The number of rotatable bonds is 4. The van der Waals surface area contributed by atoms with E-state index < -0.39 is 17.6 Å². The molecule has 0 saturated carbocycles. The van der Waals surface area contributed by atoms with Gasteiger partial charge in [0.05, 0.1) is 26.9 Å². The Labute approximate surface area is 185 Å². The zero-order valence-electron chi connectivity index (χ0n) is 14.4. The van der Waals surface area contributed by atoms with Gasteiger partial charge in [-0.25, -0.2) is 4.39 Å². The molecular weight excluding hydrogens is 461 g/mol. The molecule has 29 heavy (non-hydrogen) atoms. The highest BCUT2D eigenvalue weighted by Crippen LogP contribution is 2.32. The maximum atomic E-state index is 13.1. The second-order valence-electron chi connectivity index (χ2n) is 5.85. The van der Waals surface area contributed by atoms with E-state index in [9.17, 15) is 14.0 Å². The summed E-state index contributed by atoms with van der Waals surface area (Å²) in [5.74, 6) is -1.63. The molecule has 148 valence electrons. The van der Waals surface area contributed by atoms with E-state index in [0.717, 1.165) is 0 Å². The monoisotopic (exact) mass is 470 g/mol. The molecule has 0 aliphatic heterocycles. The number of halogens is 5. The summed E-state index contributed by atoms with van der Waals surface area (Å²) >= 11 is 24.2. The molecule has 0 radical (unpaired) electrons. The average molecular weight is 472 g/mol. The zero-order chi connectivity index (χ0) is 21.1. The first-order chi connectivity index (χ1) is 13.7. The molecule has 0 atom stereocenters. The van der Waals surface area contributed by atoms with Crippen LogP contribution in [0, 0.1) is 5.82 Å². The largest absolute Gasteiger partial charge is 0.322 e. The van der Waals surface area contributed by atoms with Crippen LogP contribution in [0.1, 0.15) is 20.7 Å². The molecule has 0 heterocycles. The highest BCUT2D eigenvalue weighted by Gasteiger charge is 2.20. The third-order valence-electron chi connectivity index (χ3n) is 3.82. The van der Waals surface area contributed by atoms with Crippen LogP contribution in [0.25, 0.3) is 0 Å². The lowest BCUT2D eigenvalue weighted by Gasteiger charge is -2.14. The maximum absolute atomic E-state index is 13.1. The summed E-state index contributed by atoms with van der Waals surface area (Å²) in [5.41, 5.74) is 0.564. The summed E-state index contributed by atoms with van der Waals surface area (Å²) in [5, 5.41) is 5.93. The number of amides is 2. The molecule has 2 amide bonds. The van der Waals surface area contributed by atoms with Crippen LogP contribution in [0.2, 0.25) is 20.1 Å². The lowest BCUT2D eigenvalue weighted by atomic mass is 10.1. The first kappa shape index (κ1) is 21.4. The summed E-state index contributed by atoms with van der Waals surface area (Å²) in [6, 6.07) is 12.3. The molecule has 2 N–H and O–H groups in total. The fourth-order valence-corrected chi connectivity index (χ4v) is 3.50. The van der Waals surface area contributed by atoms with E-state index in [0.29, 0.717) is 10.7 Å². The van der Waals surface area contributed by atoms with Crippen molar-refractivity contribution in [3.05, 3.63) is 91.6 Å². The Morgan fingerprint density at radius 2 is 1.31 bits per heavy atom. The van der Waals surface area contributed by atoms with Crippen molar-refractivity contribution in [3.8, 4) is 0 Å². The van der Waals surface area contributed by atoms with E-state index in [1.165, 1.54) is 54.6 Å². The third-order valence-corrected chi connectivity index (χ3v) is 4.88. The van der Waals surface area contributed by atoms with Gasteiger partial charge in [0.15, 0.2) is 0 Å². The molecular formula is C20H11Cl4FN2O2. The number of benzene rings is 3. The topological polar surface area (TPSA) is 58.2 Å². The predicted molar refractivity (Wildman–Crippen MR) is 115 cm³/mol. The van der Waals surface area contributed by atoms with Gasteiger partial charge in [0, 0.05) is 15.7 Å². The summed E-state index contributed by atoms with van der Waals surface area (Å²) < 4.78 is 13.1. The molecule has 9 heteroatoms. The molecule has 0 spiro atoms. The Kier molecular flexibility index (Phi) is 6.65. The SMILES string of the molecule is O=C(Nc1c(Cl)cc(Cl)cc1C(=O)Nc1ccc(F)cc1)c1ccc(Cl)cc1Cl. The Morgan fingerprint density at radius 1 is 0.690 bits per heavy atom. The molecule has 0 saturated heterocycles. The Balaban J connectivity index is 1.93. The number of anilines is 2. The first-order valence-corrected chi connectivity index (χ1v) is 9.58. The van der Waals surface area contributed by atoms with E-state index in [2.05, 4.69) is 10.6 Å². The highest BCUT2D eigenvalue weighted by molar-refractivity contribution is 6.39. The number of hydrogen-bond donors (Lipinski definition) is 2. The third kappa shape index (κ3) is 5.19. The second-order valence-corrected chi connectivity index (χ2v) is 7.54. The average Bonchev–Trinajstić information content (AvgIpc) is 2.65. The van der Waals surface area contributed by atoms with Crippen molar-refractivity contribution in [3.63, 3.8) is 0 Å². The van der Waals surface area contributed by atoms with Crippen molar-refractivity contribution >= 4 is 69.6 Å². The van der Waals surface area contributed by atoms with E-state index in [1.807, 2.05) is 0 Å². The normalized spacial score (nSPS) is 10.5. The molecule has 0 aromatic heterocycles. The second kappa shape index (κ2) is 9.01. The van der Waals surface area contributed by atoms with Crippen LogP contribution in [0.4, 0.5) is 15.8 Å². The zero-order valence-corrected chi connectivity index (χ0v) is 17.4. The Hall–Kier alpha value is -2.31. The van der Waals surface area contributed by atoms with E-state index in [4.69, 9.17) is 46.4 Å². The molecule has 3 rings (SSSR count). The van der Waals surface area contributed by atoms with Gasteiger partial charge in [0.1, 0.15) is 5.82 Å². The molecule has 0 fully saturated rings. The van der Waals surface area contributed by atoms with Gasteiger partial charge < -0.3 is 10.6 Å². The van der Waals surface area contributed by atoms with Gasteiger partial charge in [0.25, 0.3) is 11.8 Å². The lowest BCUT2D eigenvalue weighted by Crippen LogP contribution is -2.19. The molecule has 3 aromatic carbocycles. The van der Waals surface area contributed by atoms with Crippen LogP contribution >= 0.6 is 46.4 Å². The standard InChI is InChI=1S/C20H11Cl4FN2O2/c21-10-1-6-14(16(23)8-10)19(28)27-18-15(7-11(22)9-17(18)24)20(29)26-13-4-2-12(25)3-5-13/h1-9H,(H,26,29)(H,27,28). The van der Waals surface area contributed by atoms with Gasteiger partial charge in [-0.1, -0.05) is 46.4 Å². The quantitative estimate of drug-likeness (QED) is 0.432. The van der Waals surface area contributed by atoms with E-state index >= 15 is 0 Å². The van der Waals surface area contributed by atoms with Crippen LogP contribution in [0.15, 0.2) is 54.6 Å². The van der Waals surface area contributed by atoms with Gasteiger partial charge in [0.2, 0.25) is 0 Å². The van der Waals surface area contributed by atoms with Crippen molar-refractivity contribution in [2.24, 2.45) is 0 Å². The van der Waals surface area contributed by atoms with Crippen molar-refractivity contribution < 1.29 is 14.0 Å². The Bertz CT molecular complexity index is 1100. The number of hydrogen-bond acceptors (Lipinski definition) is 2. The van der Waals surface area contributed by atoms with E-state index in [1.54, 1.807) is 0 Å². The molecule has 0 unspecified atom stereocenters. The summed E-state index contributed by atoms with van der Waals surface area (Å²) in [6.07, 6.45) is 0. The fraction of sp³-hybridized carbons (Fsp3) is 0. The van der Waals surface area contributed by atoms with Gasteiger partial charge >= 0.3 is 0 Å². The summed E-state index contributed by atoms with van der Waals surface area (Å²) in [4.78, 5) is 25.4. The minimum Gasteiger partial charge on any atom is -0.322 e. The van der Waals surface area contributed by atoms with Crippen LogP contribution in [0.3, 0.4) is 0 Å². The molecule has 3 aromatic rings. The molecule has 0 aliphatic carbocycles. The highest BCUT2D eigenvalue weighted by atomic mass is 35.5. The summed E-state index contributed by atoms with van der Waals surface area (Å²) in [6.45, 7) is 0. The lowest BCUT2D eigenvalue weighted by molar-refractivity contribution is 0.102. The minimum atomic E-state index is -0.599. The molecule has 0 aliphatic rings.